The van der Waals surface area contributed by atoms with Gasteiger partial charge in [0.1, 0.15) is 11.5 Å². The second-order valence-corrected chi connectivity index (χ2v) is 7.33. The number of amides is 2. The minimum Gasteiger partial charge on any atom is -0.495 e. The van der Waals surface area contributed by atoms with Gasteiger partial charge in [0.05, 0.1) is 24.9 Å². The molecule has 0 spiro atoms. The van der Waals surface area contributed by atoms with Crippen molar-refractivity contribution in [2.75, 3.05) is 19.5 Å². The fraction of sp³-hybridized carbons (Fsp3) is 0.300. The Morgan fingerprint density at radius 1 is 0.889 bits per heavy atom. The van der Waals surface area contributed by atoms with E-state index in [0.717, 1.165) is 0 Å². The summed E-state index contributed by atoms with van der Waals surface area (Å²) in [4.78, 5) is 24.7. The van der Waals surface area contributed by atoms with Gasteiger partial charge in [-0.1, -0.05) is 11.6 Å². The second-order valence-electron chi connectivity index (χ2n) is 6.92. The number of hydrogen-bond donors (Lipinski definition) is 2. The maximum absolute atomic E-state index is 12.5. The number of nitrogens with one attached hydrogen (secondary N) is 2. The summed E-state index contributed by atoms with van der Waals surface area (Å²) in [6.45, 7) is 5.71. The summed E-state index contributed by atoms with van der Waals surface area (Å²) in [7, 11) is 2.97. The molecule has 2 rings (SSSR count). The zero-order chi connectivity index (χ0) is 20.2. The average molecular weight is 391 g/mol. The third-order valence-electron chi connectivity index (χ3n) is 3.62. The van der Waals surface area contributed by atoms with Crippen LogP contribution in [0.15, 0.2) is 36.4 Å². The van der Waals surface area contributed by atoms with Crippen molar-refractivity contribution >= 4 is 29.1 Å². The molecule has 144 valence electrons. The fourth-order valence-electron chi connectivity index (χ4n) is 2.34. The number of carbonyl (C=O) groups excluding carboxylic acids is 2. The van der Waals surface area contributed by atoms with E-state index in [0.29, 0.717) is 33.3 Å². The second kappa shape index (κ2) is 8.31. The van der Waals surface area contributed by atoms with Gasteiger partial charge >= 0.3 is 0 Å². The van der Waals surface area contributed by atoms with Gasteiger partial charge in [-0.15, -0.1) is 0 Å². The molecule has 2 amide bonds. The molecular formula is C20H23ClN2O4. The molecular weight excluding hydrogens is 368 g/mol. The molecule has 0 heterocycles. The Morgan fingerprint density at radius 2 is 1.41 bits per heavy atom. The van der Waals surface area contributed by atoms with Crippen molar-refractivity contribution in [1.29, 1.82) is 0 Å². The van der Waals surface area contributed by atoms with Gasteiger partial charge in [-0.2, -0.15) is 0 Å². The molecule has 27 heavy (non-hydrogen) atoms. The van der Waals surface area contributed by atoms with Crippen molar-refractivity contribution in [2.24, 2.45) is 0 Å². The molecule has 0 fully saturated rings. The predicted octanol–water partition coefficient (Wildman–Crippen LogP) is 4.14. The monoisotopic (exact) mass is 390 g/mol. The minimum atomic E-state index is -0.347. The lowest BCUT2D eigenvalue weighted by atomic mass is 10.1. The van der Waals surface area contributed by atoms with E-state index >= 15 is 0 Å². The lowest BCUT2D eigenvalue weighted by Gasteiger charge is -2.20. The lowest BCUT2D eigenvalue weighted by Crippen LogP contribution is -2.40. The average Bonchev–Trinajstić information content (AvgIpc) is 2.61. The highest BCUT2D eigenvalue weighted by molar-refractivity contribution is 6.32. The van der Waals surface area contributed by atoms with Crippen LogP contribution in [-0.2, 0) is 0 Å². The lowest BCUT2D eigenvalue weighted by molar-refractivity contribution is 0.0918. The molecule has 2 aromatic carbocycles. The van der Waals surface area contributed by atoms with Crippen molar-refractivity contribution in [3.8, 4) is 11.5 Å². The molecule has 2 aromatic rings. The Labute approximate surface area is 163 Å². The van der Waals surface area contributed by atoms with Gasteiger partial charge in [0.2, 0.25) is 0 Å². The van der Waals surface area contributed by atoms with E-state index in [2.05, 4.69) is 10.6 Å². The first-order valence-electron chi connectivity index (χ1n) is 8.30. The van der Waals surface area contributed by atoms with Crippen molar-refractivity contribution in [3.05, 3.63) is 52.5 Å². The molecule has 2 N–H and O–H groups in total. The highest BCUT2D eigenvalue weighted by Crippen LogP contribution is 2.36. The maximum atomic E-state index is 12.5. The fourth-order valence-corrected chi connectivity index (χ4v) is 2.57. The van der Waals surface area contributed by atoms with Gasteiger partial charge in [-0.05, 0) is 45.0 Å². The molecule has 0 saturated carbocycles. The molecule has 0 atom stereocenters. The van der Waals surface area contributed by atoms with Crippen LogP contribution in [0.25, 0.3) is 0 Å². The molecule has 7 heteroatoms. The molecule has 0 aliphatic rings. The number of benzene rings is 2. The van der Waals surface area contributed by atoms with Gasteiger partial charge in [-0.3, -0.25) is 9.59 Å². The quantitative estimate of drug-likeness (QED) is 0.804. The van der Waals surface area contributed by atoms with Gasteiger partial charge in [-0.25, -0.2) is 0 Å². The molecule has 0 saturated heterocycles. The summed E-state index contributed by atoms with van der Waals surface area (Å²) in [5.74, 6) is 0.288. The standard InChI is InChI=1S/C20H23ClN2O4/c1-20(2,3)23-19(25)13-8-6-12(7-9-13)18(24)22-15-11-16(26-4)14(21)10-17(15)27-5/h6-11H,1-5H3,(H,22,24)(H,23,25). The van der Waals surface area contributed by atoms with E-state index in [1.54, 1.807) is 36.4 Å². The summed E-state index contributed by atoms with van der Waals surface area (Å²) < 4.78 is 10.4. The van der Waals surface area contributed by atoms with Gasteiger partial charge in [0, 0.05) is 28.8 Å². The van der Waals surface area contributed by atoms with Crippen LogP contribution in [0.1, 0.15) is 41.5 Å². The first-order valence-corrected chi connectivity index (χ1v) is 8.68. The van der Waals surface area contributed by atoms with E-state index in [-0.39, 0.29) is 17.4 Å². The van der Waals surface area contributed by atoms with E-state index in [1.807, 2.05) is 20.8 Å². The molecule has 6 nitrogen and oxygen atoms in total. The Kier molecular flexibility index (Phi) is 6.33. The molecule has 0 radical (unpaired) electrons. The SMILES string of the molecule is COc1cc(NC(=O)c2ccc(C(=O)NC(C)(C)C)cc2)c(OC)cc1Cl. The summed E-state index contributed by atoms with van der Waals surface area (Å²) in [6.07, 6.45) is 0. The number of carbonyl (C=O) groups is 2. The molecule has 0 unspecified atom stereocenters. The highest BCUT2D eigenvalue weighted by atomic mass is 35.5. The van der Waals surface area contributed by atoms with Crippen LogP contribution in [0.4, 0.5) is 5.69 Å². The number of ether oxygens (including phenoxy) is 2. The summed E-state index contributed by atoms with van der Waals surface area (Å²) in [6, 6.07) is 9.55. The number of halogens is 1. The topological polar surface area (TPSA) is 76.7 Å². The van der Waals surface area contributed by atoms with Crippen LogP contribution in [0.3, 0.4) is 0 Å². The van der Waals surface area contributed by atoms with Crippen molar-refractivity contribution in [1.82, 2.24) is 5.32 Å². The summed E-state index contributed by atoms with van der Waals surface area (Å²) >= 11 is 6.07. The van der Waals surface area contributed by atoms with Crippen LogP contribution < -0.4 is 20.1 Å². The van der Waals surface area contributed by atoms with E-state index < -0.39 is 0 Å². The van der Waals surface area contributed by atoms with E-state index in [1.165, 1.54) is 14.2 Å². The number of methoxy groups -OCH3 is 2. The number of hydrogen-bond acceptors (Lipinski definition) is 4. The van der Waals surface area contributed by atoms with Crippen molar-refractivity contribution < 1.29 is 19.1 Å². The first-order chi connectivity index (χ1) is 12.6. The van der Waals surface area contributed by atoms with Crippen LogP contribution in [-0.4, -0.2) is 31.6 Å². The van der Waals surface area contributed by atoms with Gasteiger partial charge in [0.15, 0.2) is 0 Å². The predicted molar refractivity (Wildman–Crippen MR) is 106 cm³/mol. The smallest absolute Gasteiger partial charge is 0.255 e. The van der Waals surface area contributed by atoms with Crippen LogP contribution in [0.5, 0.6) is 11.5 Å². The van der Waals surface area contributed by atoms with Crippen LogP contribution >= 0.6 is 11.6 Å². The first kappa shape index (κ1) is 20.6. The maximum Gasteiger partial charge on any atom is 0.255 e. The zero-order valence-electron chi connectivity index (χ0n) is 16.0. The highest BCUT2D eigenvalue weighted by Gasteiger charge is 2.17. The van der Waals surface area contributed by atoms with Gasteiger partial charge < -0.3 is 20.1 Å². The van der Waals surface area contributed by atoms with Crippen molar-refractivity contribution in [3.63, 3.8) is 0 Å². The van der Waals surface area contributed by atoms with Crippen LogP contribution in [0, 0.1) is 0 Å². The normalized spacial score (nSPS) is 10.9. The number of anilines is 1. The molecule has 0 aliphatic carbocycles. The van der Waals surface area contributed by atoms with E-state index in [9.17, 15) is 9.59 Å². The molecule has 0 aliphatic heterocycles. The largest absolute Gasteiger partial charge is 0.495 e. The van der Waals surface area contributed by atoms with Crippen LogP contribution in [0.2, 0.25) is 5.02 Å². The number of rotatable bonds is 5. The summed E-state index contributed by atoms with van der Waals surface area (Å²) in [5, 5.41) is 6.01. The third-order valence-corrected chi connectivity index (χ3v) is 3.92. The molecule has 0 aromatic heterocycles. The minimum absolute atomic E-state index is 0.196. The Hall–Kier alpha value is -2.73. The zero-order valence-corrected chi connectivity index (χ0v) is 16.7. The Bertz CT molecular complexity index is 842. The third kappa shape index (κ3) is 5.37. The molecule has 0 bridgehead atoms. The Balaban J connectivity index is 2.18. The van der Waals surface area contributed by atoms with Gasteiger partial charge in [0.25, 0.3) is 11.8 Å². The van der Waals surface area contributed by atoms with Crippen molar-refractivity contribution in [2.45, 2.75) is 26.3 Å². The van der Waals surface area contributed by atoms with E-state index in [4.69, 9.17) is 21.1 Å². The summed E-state index contributed by atoms with van der Waals surface area (Å²) in [5.41, 5.74) is 0.973. The Morgan fingerprint density at radius 3 is 1.89 bits per heavy atom.